The van der Waals surface area contributed by atoms with Crippen LogP contribution in [0.15, 0.2) is 27.0 Å². The van der Waals surface area contributed by atoms with Gasteiger partial charge in [-0.15, -0.1) is 11.3 Å². The second-order valence-electron chi connectivity index (χ2n) is 3.34. The zero-order chi connectivity index (χ0) is 12.0. The molecule has 0 bridgehead atoms. The Bertz CT molecular complexity index is 758. The Labute approximate surface area is 107 Å². The fourth-order valence-corrected chi connectivity index (χ4v) is 2.91. The first-order valence-corrected chi connectivity index (χ1v) is 6.29. The number of halogens is 1. The van der Waals surface area contributed by atoms with E-state index in [2.05, 4.69) is 30.9 Å². The molecular formula is C9H6BrN5OS. The van der Waals surface area contributed by atoms with Gasteiger partial charge in [0.2, 0.25) is 5.95 Å². The normalized spacial score (nSPS) is 11.1. The van der Waals surface area contributed by atoms with E-state index < -0.39 is 0 Å². The van der Waals surface area contributed by atoms with Gasteiger partial charge in [0.25, 0.3) is 5.56 Å². The third kappa shape index (κ3) is 1.65. The van der Waals surface area contributed by atoms with Crippen molar-refractivity contribution in [1.29, 1.82) is 0 Å². The standard InChI is InChI=1S/C9H6BrN5OS/c10-4-1-5(17-2-4)15-3-12-6-7(15)13-9(11)14-8(6)16/h1-3H,(H3,11,13,14,16). The average molecular weight is 312 g/mol. The smallest absolute Gasteiger partial charge is 0.280 e. The monoisotopic (exact) mass is 311 g/mol. The molecule has 0 radical (unpaired) electrons. The highest BCUT2D eigenvalue weighted by Crippen LogP contribution is 2.25. The Hall–Kier alpha value is -1.67. The van der Waals surface area contributed by atoms with E-state index in [4.69, 9.17) is 5.73 Å². The summed E-state index contributed by atoms with van der Waals surface area (Å²) in [5.41, 5.74) is 5.93. The van der Waals surface area contributed by atoms with Crippen LogP contribution in [0.2, 0.25) is 0 Å². The largest absolute Gasteiger partial charge is 0.369 e. The van der Waals surface area contributed by atoms with Crippen LogP contribution in [-0.4, -0.2) is 19.5 Å². The number of thiophene rings is 1. The maximum Gasteiger partial charge on any atom is 0.280 e. The van der Waals surface area contributed by atoms with Crippen LogP contribution in [0.3, 0.4) is 0 Å². The summed E-state index contributed by atoms with van der Waals surface area (Å²) in [5, 5.41) is 2.86. The van der Waals surface area contributed by atoms with Crippen LogP contribution in [-0.2, 0) is 0 Å². The van der Waals surface area contributed by atoms with E-state index in [9.17, 15) is 4.79 Å². The molecule has 86 valence electrons. The van der Waals surface area contributed by atoms with Crippen molar-refractivity contribution < 1.29 is 0 Å². The zero-order valence-corrected chi connectivity index (χ0v) is 10.7. The summed E-state index contributed by atoms with van der Waals surface area (Å²) in [4.78, 5) is 22.1. The minimum absolute atomic E-state index is 0.0832. The molecule has 0 aliphatic carbocycles. The van der Waals surface area contributed by atoms with Gasteiger partial charge in [-0.05, 0) is 22.0 Å². The molecule has 3 heterocycles. The molecule has 0 amide bonds. The highest BCUT2D eigenvalue weighted by atomic mass is 79.9. The third-order valence-corrected chi connectivity index (χ3v) is 3.91. The lowest BCUT2D eigenvalue weighted by atomic mass is 10.5. The number of rotatable bonds is 1. The van der Waals surface area contributed by atoms with Gasteiger partial charge in [-0.3, -0.25) is 14.3 Å². The average Bonchev–Trinajstić information content (AvgIpc) is 2.83. The molecular weight excluding hydrogens is 306 g/mol. The molecule has 0 fully saturated rings. The number of aromatic amines is 1. The maximum atomic E-state index is 11.6. The maximum absolute atomic E-state index is 11.6. The number of fused-ring (bicyclic) bond motifs is 1. The molecule has 0 spiro atoms. The lowest BCUT2D eigenvalue weighted by molar-refractivity contribution is 1.08. The summed E-state index contributed by atoms with van der Waals surface area (Å²) >= 11 is 4.89. The summed E-state index contributed by atoms with van der Waals surface area (Å²) in [6, 6.07) is 1.92. The van der Waals surface area contributed by atoms with Crippen LogP contribution < -0.4 is 11.3 Å². The van der Waals surface area contributed by atoms with Crippen LogP contribution in [0.25, 0.3) is 16.2 Å². The predicted molar refractivity (Wildman–Crippen MR) is 69.5 cm³/mol. The van der Waals surface area contributed by atoms with Crippen LogP contribution in [0.4, 0.5) is 5.95 Å². The van der Waals surface area contributed by atoms with Crippen LogP contribution in [0, 0.1) is 0 Å². The van der Waals surface area contributed by atoms with Crippen molar-refractivity contribution in [3.05, 3.63) is 32.6 Å². The van der Waals surface area contributed by atoms with E-state index in [0.29, 0.717) is 5.65 Å². The number of hydrogen-bond acceptors (Lipinski definition) is 5. The quantitative estimate of drug-likeness (QED) is 0.713. The van der Waals surface area contributed by atoms with E-state index >= 15 is 0 Å². The van der Waals surface area contributed by atoms with Crippen molar-refractivity contribution in [2.45, 2.75) is 0 Å². The van der Waals surface area contributed by atoms with Gasteiger partial charge >= 0.3 is 0 Å². The first-order chi connectivity index (χ1) is 8.15. The summed E-state index contributed by atoms with van der Waals surface area (Å²) in [6.07, 6.45) is 1.56. The molecule has 6 nitrogen and oxygen atoms in total. The highest BCUT2D eigenvalue weighted by Gasteiger charge is 2.11. The van der Waals surface area contributed by atoms with Crippen LogP contribution in [0.1, 0.15) is 0 Å². The van der Waals surface area contributed by atoms with Crippen molar-refractivity contribution in [3.63, 3.8) is 0 Å². The predicted octanol–water partition coefficient (Wildman–Crippen LogP) is 1.51. The van der Waals surface area contributed by atoms with E-state index in [1.807, 2.05) is 11.4 Å². The fraction of sp³-hybridized carbons (Fsp3) is 0. The Balaban J connectivity index is 2.35. The highest BCUT2D eigenvalue weighted by molar-refractivity contribution is 9.10. The summed E-state index contributed by atoms with van der Waals surface area (Å²) in [6.45, 7) is 0. The Morgan fingerprint density at radius 1 is 1.53 bits per heavy atom. The SMILES string of the molecule is Nc1nc2c(ncn2-c2cc(Br)cs2)c(=O)[nH]1. The van der Waals surface area contributed by atoms with Gasteiger partial charge in [0, 0.05) is 9.85 Å². The summed E-state index contributed by atoms with van der Waals surface area (Å²) in [7, 11) is 0. The molecule has 3 aromatic heterocycles. The molecule has 17 heavy (non-hydrogen) atoms. The second-order valence-corrected chi connectivity index (χ2v) is 5.15. The zero-order valence-electron chi connectivity index (χ0n) is 8.35. The van der Waals surface area contributed by atoms with E-state index in [-0.39, 0.29) is 17.0 Å². The molecule has 0 atom stereocenters. The van der Waals surface area contributed by atoms with Gasteiger partial charge < -0.3 is 5.73 Å². The first-order valence-electron chi connectivity index (χ1n) is 4.62. The molecule has 0 saturated heterocycles. The summed E-state index contributed by atoms with van der Waals surface area (Å²) < 4.78 is 2.70. The second kappa shape index (κ2) is 3.67. The minimum atomic E-state index is -0.332. The molecule has 0 aliphatic heterocycles. The van der Waals surface area contributed by atoms with Crippen molar-refractivity contribution in [2.24, 2.45) is 0 Å². The number of nitrogens with zero attached hydrogens (tertiary/aromatic N) is 3. The van der Waals surface area contributed by atoms with Crippen molar-refractivity contribution in [2.75, 3.05) is 5.73 Å². The number of anilines is 1. The number of imidazole rings is 1. The van der Waals surface area contributed by atoms with E-state index in [0.717, 1.165) is 9.47 Å². The lowest BCUT2D eigenvalue weighted by Gasteiger charge is -1.99. The van der Waals surface area contributed by atoms with E-state index in [1.165, 1.54) is 11.3 Å². The van der Waals surface area contributed by atoms with Gasteiger partial charge in [-0.1, -0.05) is 0 Å². The Morgan fingerprint density at radius 2 is 2.35 bits per heavy atom. The fourth-order valence-electron chi connectivity index (χ4n) is 1.52. The Morgan fingerprint density at radius 3 is 3.06 bits per heavy atom. The van der Waals surface area contributed by atoms with Gasteiger partial charge in [-0.25, -0.2) is 4.98 Å². The molecule has 3 rings (SSSR count). The molecule has 3 N–H and O–H groups in total. The molecule has 0 saturated carbocycles. The van der Waals surface area contributed by atoms with Gasteiger partial charge in [0.05, 0.1) is 0 Å². The Kier molecular flexibility index (Phi) is 2.26. The molecule has 0 unspecified atom stereocenters. The summed E-state index contributed by atoms with van der Waals surface area (Å²) in [5.74, 6) is 0.0832. The lowest BCUT2D eigenvalue weighted by Crippen LogP contribution is -2.11. The molecule has 0 aliphatic rings. The molecule has 0 aromatic carbocycles. The minimum Gasteiger partial charge on any atom is -0.369 e. The topological polar surface area (TPSA) is 89.6 Å². The number of hydrogen-bond donors (Lipinski definition) is 2. The van der Waals surface area contributed by atoms with Gasteiger partial charge in [0.1, 0.15) is 11.3 Å². The first kappa shape index (κ1) is 10.5. The molecule has 8 heteroatoms. The third-order valence-electron chi connectivity index (χ3n) is 2.22. The van der Waals surface area contributed by atoms with Crippen molar-refractivity contribution >= 4 is 44.4 Å². The number of nitrogens with one attached hydrogen (secondary N) is 1. The van der Waals surface area contributed by atoms with Crippen molar-refractivity contribution in [3.8, 4) is 5.00 Å². The van der Waals surface area contributed by atoms with Gasteiger partial charge in [-0.2, -0.15) is 4.98 Å². The van der Waals surface area contributed by atoms with Gasteiger partial charge in [0.15, 0.2) is 11.2 Å². The number of nitrogen functional groups attached to an aromatic ring is 1. The number of aromatic nitrogens is 4. The molecule has 3 aromatic rings. The number of nitrogens with two attached hydrogens (primary N) is 1. The number of H-pyrrole nitrogens is 1. The van der Waals surface area contributed by atoms with Crippen LogP contribution >= 0.6 is 27.3 Å². The van der Waals surface area contributed by atoms with E-state index in [1.54, 1.807) is 10.9 Å². The van der Waals surface area contributed by atoms with Crippen molar-refractivity contribution in [1.82, 2.24) is 19.5 Å². The van der Waals surface area contributed by atoms with Crippen LogP contribution in [0.5, 0.6) is 0 Å².